The molecule has 4 bridgehead atoms. The molecule has 0 amide bonds. The van der Waals surface area contributed by atoms with Crippen molar-refractivity contribution >= 4 is 6.16 Å². The van der Waals surface area contributed by atoms with Crippen LogP contribution in [0.5, 0.6) is 0 Å². The number of hydrogen-bond donors (Lipinski definition) is 0. The number of rotatable bonds is 0. The minimum Gasteiger partial charge on any atom is -0.426 e. The molecule has 3 heteroatoms. The highest BCUT2D eigenvalue weighted by atomic mass is 16.8. The zero-order chi connectivity index (χ0) is 9.34. The summed E-state index contributed by atoms with van der Waals surface area (Å²) >= 11 is 0. The van der Waals surface area contributed by atoms with Gasteiger partial charge in [-0.1, -0.05) is 0 Å². The topological polar surface area (TPSA) is 35.5 Å². The predicted octanol–water partition coefficient (Wildman–Crippen LogP) is 2.10. The lowest BCUT2D eigenvalue weighted by Gasteiger charge is -2.55. The zero-order valence-electron chi connectivity index (χ0n) is 8.07. The highest BCUT2D eigenvalue weighted by Gasteiger charge is 2.64. The molecule has 1 heterocycles. The summed E-state index contributed by atoms with van der Waals surface area (Å²) in [6.45, 7) is 0. The molecule has 0 N–H and O–H groups in total. The number of ether oxygens (including phenoxy) is 2. The normalized spacial score (nSPS) is 58.1. The van der Waals surface area contributed by atoms with Crippen molar-refractivity contribution in [3.8, 4) is 0 Å². The van der Waals surface area contributed by atoms with E-state index in [9.17, 15) is 4.79 Å². The van der Waals surface area contributed by atoms with Gasteiger partial charge < -0.3 is 9.47 Å². The molecule has 4 saturated carbocycles. The summed E-state index contributed by atoms with van der Waals surface area (Å²) in [6.07, 6.45) is 5.71. The Kier molecular flexibility index (Phi) is 1.13. The molecular weight excluding hydrogens is 180 g/mol. The summed E-state index contributed by atoms with van der Waals surface area (Å²) in [5, 5.41) is 0. The molecule has 5 aliphatic rings. The van der Waals surface area contributed by atoms with Crippen molar-refractivity contribution < 1.29 is 14.3 Å². The summed E-state index contributed by atoms with van der Waals surface area (Å²) in [5.41, 5.74) is -0.189. The third kappa shape index (κ3) is 0.733. The Balaban J connectivity index is 1.80. The molecule has 1 spiro atoms. The Morgan fingerprint density at radius 2 is 1.86 bits per heavy atom. The van der Waals surface area contributed by atoms with Crippen molar-refractivity contribution in [2.75, 3.05) is 0 Å². The van der Waals surface area contributed by atoms with Gasteiger partial charge in [0.25, 0.3) is 0 Å². The standard InChI is InChI=1S/C11H14O3/c12-10-13-9-8-2-6-1-7(3-8)5-11(9,4-6)14-10/h6-9H,1-5H2. The highest BCUT2D eigenvalue weighted by Crippen LogP contribution is 2.60. The Morgan fingerprint density at radius 3 is 2.57 bits per heavy atom. The molecular formula is C11H14O3. The average molecular weight is 194 g/mol. The van der Waals surface area contributed by atoms with Crippen LogP contribution in [0.3, 0.4) is 0 Å². The Labute approximate surface area is 82.8 Å². The lowest BCUT2D eigenvalue weighted by atomic mass is 9.53. The van der Waals surface area contributed by atoms with Gasteiger partial charge in [-0.3, -0.25) is 0 Å². The van der Waals surface area contributed by atoms with Crippen LogP contribution in [0.4, 0.5) is 4.79 Å². The van der Waals surface area contributed by atoms with E-state index in [1.807, 2.05) is 0 Å². The van der Waals surface area contributed by atoms with Crippen molar-refractivity contribution in [1.82, 2.24) is 0 Å². The first-order valence-corrected chi connectivity index (χ1v) is 5.65. The summed E-state index contributed by atoms with van der Waals surface area (Å²) in [4.78, 5) is 11.2. The zero-order valence-corrected chi connectivity index (χ0v) is 8.07. The molecule has 4 aliphatic carbocycles. The molecule has 1 aliphatic heterocycles. The minimum atomic E-state index is -0.414. The van der Waals surface area contributed by atoms with Gasteiger partial charge in [-0.2, -0.15) is 0 Å². The first kappa shape index (κ1) is 7.55. The maximum absolute atomic E-state index is 11.2. The van der Waals surface area contributed by atoms with Gasteiger partial charge in [0.15, 0.2) is 5.60 Å². The van der Waals surface area contributed by atoms with Gasteiger partial charge in [-0.05, 0) is 43.9 Å². The van der Waals surface area contributed by atoms with Crippen LogP contribution in [0.15, 0.2) is 0 Å². The smallest absolute Gasteiger partial charge is 0.426 e. The summed E-state index contributed by atoms with van der Waals surface area (Å²) < 4.78 is 10.8. The van der Waals surface area contributed by atoms with Crippen LogP contribution < -0.4 is 0 Å². The van der Waals surface area contributed by atoms with E-state index in [2.05, 4.69) is 0 Å². The fourth-order valence-electron chi connectivity index (χ4n) is 4.56. The SMILES string of the molecule is O=C1OC2C3CC4CC(C3)CC2(C4)O1. The third-order valence-corrected chi connectivity index (χ3v) is 4.66. The quantitative estimate of drug-likeness (QED) is 0.554. The number of hydrogen-bond acceptors (Lipinski definition) is 3. The third-order valence-electron chi connectivity index (χ3n) is 4.66. The maximum Gasteiger partial charge on any atom is 0.509 e. The van der Waals surface area contributed by atoms with Crippen molar-refractivity contribution in [3.63, 3.8) is 0 Å². The molecule has 76 valence electrons. The van der Waals surface area contributed by atoms with E-state index < -0.39 is 6.16 Å². The second kappa shape index (κ2) is 2.10. The van der Waals surface area contributed by atoms with Gasteiger partial charge in [0.1, 0.15) is 6.10 Å². The van der Waals surface area contributed by atoms with Crippen molar-refractivity contribution in [2.24, 2.45) is 17.8 Å². The first-order chi connectivity index (χ1) is 6.75. The van der Waals surface area contributed by atoms with Crippen LogP contribution in [0.2, 0.25) is 0 Å². The minimum absolute atomic E-state index is 0.0998. The summed E-state index contributed by atoms with van der Waals surface area (Å²) in [6, 6.07) is 0. The van der Waals surface area contributed by atoms with Crippen LogP contribution >= 0.6 is 0 Å². The average Bonchev–Trinajstić information content (AvgIpc) is 2.40. The molecule has 14 heavy (non-hydrogen) atoms. The van der Waals surface area contributed by atoms with E-state index in [0.717, 1.165) is 24.7 Å². The van der Waals surface area contributed by atoms with Gasteiger partial charge >= 0.3 is 6.16 Å². The van der Waals surface area contributed by atoms with Crippen LogP contribution in [0.1, 0.15) is 32.1 Å². The molecule has 0 radical (unpaired) electrons. The van der Waals surface area contributed by atoms with Gasteiger partial charge in [-0.25, -0.2) is 4.79 Å². The Hall–Kier alpha value is -0.730. The fraction of sp³-hybridized carbons (Fsp3) is 0.909. The number of carbonyl (C=O) groups is 1. The molecule has 3 nitrogen and oxygen atoms in total. The van der Waals surface area contributed by atoms with Crippen molar-refractivity contribution in [3.05, 3.63) is 0 Å². The van der Waals surface area contributed by atoms with Gasteiger partial charge in [0, 0.05) is 5.92 Å². The number of carbonyl (C=O) groups excluding carboxylic acids is 1. The van der Waals surface area contributed by atoms with Crippen LogP contribution in [-0.2, 0) is 9.47 Å². The van der Waals surface area contributed by atoms with Gasteiger partial charge in [0.05, 0.1) is 0 Å². The second-order valence-electron chi connectivity index (χ2n) is 5.56. The largest absolute Gasteiger partial charge is 0.509 e. The second-order valence-corrected chi connectivity index (χ2v) is 5.56. The molecule has 5 rings (SSSR count). The maximum atomic E-state index is 11.2. The van der Waals surface area contributed by atoms with Crippen LogP contribution in [0.25, 0.3) is 0 Å². The molecule has 0 aromatic carbocycles. The van der Waals surface area contributed by atoms with E-state index in [-0.39, 0.29) is 11.7 Å². The van der Waals surface area contributed by atoms with E-state index >= 15 is 0 Å². The predicted molar refractivity (Wildman–Crippen MR) is 47.6 cm³/mol. The van der Waals surface area contributed by atoms with Crippen molar-refractivity contribution in [2.45, 2.75) is 43.8 Å². The first-order valence-electron chi connectivity index (χ1n) is 5.65. The van der Waals surface area contributed by atoms with E-state index in [0.29, 0.717) is 5.92 Å². The lowest BCUT2D eigenvalue weighted by molar-refractivity contribution is -0.140. The van der Waals surface area contributed by atoms with Gasteiger partial charge in [0.2, 0.25) is 0 Å². The van der Waals surface area contributed by atoms with E-state index in [1.54, 1.807) is 0 Å². The Morgan fingerprint density at radius 1 is 1.14 bits per heavy atom. The van der Waals surface area contributed by atoms with E-state index in [1.165, 1.54) is 19.3 Å². The molecule has 0 aromatic rings. The van der Waals surface area contributed by atoms with Gasteiger partial charge in [-0.15, -0.1) is 0 Å². The molecule has 0 aromatic heterocycles. The highest BCUT2D eigenvalue weighted by molar-refractivity contribution is 5.64. The lowest BCUT2D eigenvalue weighted by Crippen LogP contribution is -2.58. The molecule has 1 saturated heterocycles. The molecule has 5 fully saturated rings. The van der Waals surface area contributed by atoms with Crippen LogP contribution in [0, 0.1) is 17.8 Å². The monoisotopic (exact) mass is 194 g/mol. The fourth-order valence-corrected chi connectivity index (χ4v) is 4.56. The van der Waals surface area contributed by atoms with Crippen LogP contribution in [-0.4, -0.2) is 17.9 Å². The molecule has 3 atom stereocenters. The summed E-state index contributed by atoms with van der Waals surface area (Å²) in [7, 11) is 0. The summed E-state index contributed by atoms with van der Waals surface area (Å²) in [5.74, 6) is 2.21. The van der Waals surface area contributed by atoms with E-state index in [4.69, 9.17) is 9.47 Å². The Bertz CT molecular complexity index is 298. The molecule has 3 unspecified atom stereocenters. The van der Waals surface area contributed by atoms with Crippen molar-refractivity contribution in [1.29, 1.82) is 0 Å².